The van der Waals surface area contributed by atoms with Gasteiger partial charge >= 0.3 is 5.97 Å². The lowest BCUT2D eigenvalue weighted by Crippen LogP contribution is -2.38. The van der Waals surface area contributed by atoms with Gasteiger partial charge in [0.1, 0.15) is 17.4 Å². The Hall–Kier alpha value is -1.55. The first-order valence-corrected chi connectivity index (χ1v) is 7.00. The van der Waals surface area contributed by atoms with Crippen LogP contribution in [0, 0.1) is 0 Å². The van der Waals surface area contributed by atoms with Gasteiger partial charge < -0.3 is 14.8 Å². The summed E-state index contributed by atoms with van der Waals surface area (Å²) in [7, 11) is 0. The van der Waals surface area contributed by atoms with Crippen molar-refractivity contribution in [2.45, 2.75) is 52.8 Å². The Bertz CT molecular complexity index is 438. The van der Waals surface area contributed by atoms with Crippen molar-refractivity contribution in [2.75, 3.05) is 6.61 Å². The third kappa shape index (κ3) is 6.06. The van der Waals surface area contributed by atoms with Crippen molar-refractivity contribution in [1.29, 1.82) is 0 Å². The molecule has 0 fully saturated rings. The van der Waals surface area contributed by atoms with Crippen LogP contribution < -0.4 is 10.1 Å². The fourth-order valence-corrected chi connectivity index (χ4v) is 1.66. The molecule has 1 aromatic rings. The quantitative estimate of drug-likeness (QED) is 0.813. The highest BCUT2D eigenvalue weighted by Gasteiger charge is 2.21. The third-order valence-electron chi connectivity index (χ3n) is 2.58. The van der Waals surface area contributed by atoms with Gasteiger partial charge in [0.2, 0.25) is 0 Å². The molecule has 0 saturated heterocycles. The van der Waals surface area contributed by atoms with E-state index in [0.717, 1.165) is 11.3 Å². The number of rotatable bonds is 6. The van der Waals surface area contributed by atoms with Gasteiger partial charge in [0.25, 0.3) is 0 Å². The Kier molecular flexibility index (Phi) is 6.02. The fourth-order valence-electron chi connectivity index (χ4n) is 1.66. The zero-order valence-corrected chi connectivity index (χ0v) is 13.0. The van der Waals surface area contributed by atoms with E-state index in [9.17, 15) is 4.79 Å². The maximum atomic E-state index is 11.8. The summed E-state index contributed by atoms with van der Waals surface area (Å²) in [6, 6.07) is 7.49. The maximum Gasteiger partial charge on any atom is 0.323 e. The molecule has 0 aliphatic rings. The van der Waals surface area contributed by atoms with Crippen molar-refractivity contribution >= 4 is 5.97 Å². The van der Waals surface area contributed by atoms with E-state index < -0.39 is 5.60 Å². The lowest BCUT2D eigenvalue weighted by atomic mass is 10.2. The van der Waals surface area contributed by atoms with Gasteiger partial charge in [-0.15, -0.1) is 0 Å². The number of hydrogen-bond acceptors (Lipinski definition) is 4. The molecular formula is C16H25NO3. The molecule has 1 rings (SSSR count). The first-order chi connectivity index (χ1) is 9.31. The van der Waals surface area contributed by atoms with Crippen molar-refractivity contribution < 1.29 is 14.3 Å². The van der Waals surface area contributed by atoms with E-state index >= 15 is 0 Å². The Morgan fingerprint density at radius 3 is 2.65 bits per heavy atom. The second-order valence-electron chi connectivity index (χ2n) is 5.72. The largest absolute Gasteiger partial charge is 0.494 e. The predicted molar refractivity (Wildman–Crippen MR) is 79.8 cm³/mol. The molecule has 1 aromatic carbocycles. The van der Waals surface area contributed by atoms with Crippen molar-refractivity contribution in [3.05, 3.63) is 29.8 Å². The first kappa shape index (κ1) is 16.5. The van der Waals surface area contributed by atoms with Gasteiger partial charge in [0.15, 0.2) is 0 Å². The average molecular weight is 279 g/mol. The topological polar surface area (TPSA) is 47.6 Å². The summed E-state index contributed by atoms with van der Waals surface area (Å²) >= 11 is 0. The van der Waals surface area contributed by atoms with Crippen LogP contribution in [0.4, 0.5) is 0 Å². The smallest absolute Gasteiger partial charge is 0.323 e. The maximum absolute atomic E-state index is 11.8. The summed E-state index contributed by atoms with van der Waals surface area (Å²) in [6.45, 7) is 10.6. The zero-order chi connectivity index (χ0) is 15.2. The van der Waals surface area contributed by atoms with Crippen LogP contribution in [-0.2, 0) is 16.1 Å². The van der Waals surface area contributed by atoms with Crippen molar-refractivity contribution in [2.24, 2.45) is 0 Å². The second kappa shape index (κ2) is 7.29. The monoisotopic (exact) mass is 279 g/mol. The lowest BCUT2D eigenvalue weighted by Gasteiger charge is -2.22. The van der Waals surface area contributed by atoms with Crippen LogP contribution in [0.15, 0.2) is 24.3 Å². The number of nitrogens with one attached hydrogen (secondary N) is 1. The molecule has 1 N–H and O–H groups in total. The zero-order valence-electron chi connectivity index (χ0n) is 13.0. The van der Waals surface area contributed by atoms with Gasteiger partial charge in [0.05, 0.1) is 6.61 Å². The minimum atomic E-state index is -0.456. The summed E-state index contributed by atoms with van der Waals surface area (Å²) in [5, 5.41) is 3.16. The van der Waals surface area contributed by atoms with Crippen LogP contribution in [0.1, 0.15) is 40.2 Å². The van der Waals surface area contributed by atoms with E-state index in [2.05, 4.69) is 5.32 Å². The fraction of sp³-hybridized carbons (Fsp3) is 0.562. The van der Waals surface area contributed by atoms with Crippen LogP contribution in [0.5, 0.6) is 5.75 Å². The minimum absolute atomic E-state index is 0.238. The molecule has 1 unspecified atom stereocenters. The molecule has 112 valence electrons. The number of hydrogen-bond donors (Lipinski definition) is 1. The predicted octanol–water partition coefficient (Wildman–Crippen LogP) is 2.91. The van der Waals surface area contributed by atoms with Crippen LogP contribution in [0.3, 0.4) is 0 Å². The Morgan fingerprint density at radius 2 is 2.05 bits per heavy atom. The highest BCUT2D eigenvalue weighted by atomic mass is 16.6. The van der Waals surface area contributed by atoms with E-state index in [-0.39, 0.29) is 12.0 Å². The van der Waals surface area contributed by atoms with Crippen LogP contribution in [0.25, 0.3) is 0 Å². The van der Waals surface area contributed by atoms with E-state index in [1.165, 1.54) is 0 Å². The van der Waals surface area contributed by atoms with E-state index in [1.54, 1.807) is 6.92 Å². The van der Waals surface area contributed by atoms with Crippen LogP contribution >= 0.6 is 0 Å². The molecule has 0 radical (unpaired) electrons. The number of benzene rings is 1. The molecule has 0 aliphatic heterocycles. The van der Waals surface area contributed by atoms with E-state index in [0.29, 0.717) is 13.2 Å². The Labute approximate surface area is 121 Å². The molecule has 0 spiro atoms. The average Bonchev–Trinajstić information content (AvgIpc) is 2.35. The molecule has 4 nitrogen and oxygen atoms in total. The van der Waals surface area contributed by atoms with Crippen molar-refractivity contribution in [3.63, 3.8) is 0 Å². The molecule has 20 heavy (non-hydrogen) atoms. The first-order valence-electron chi connectivity index (χ1n) is 7.00. The van der Waals surface area contributed by atoms with Crippen LogP contribution in [0.2, 0.25) is 0 Å². The van der Waals surface area contributed by atoms with Gasteiger partial charge in [-0.2, -0.15) is 0 Å². The van der Waals surface area contributed by atoms with Gasteiger partial charge in [-0.1, -0.05) is 12.1 Å². The van der Waals surface area contributed by atoms with E-state index in [1.807, 2.05) is 52.0 Å². The van der Waals surface area contributed by atoms with Crippen molar-refractivity contribution in [1.82, 2.24) is 5.32 Å². The van der Waals surface area contributed by atoms with Crippen LogP contribution in [-0.4, -0.2) is 24.2 Å². The van der Waals surface area contributed by atoms with Gasteiger partial charge in [0, 0.05) is 6.54 Å². The van der Waals surface area contributed by atoms with E-state index in [4.69, 9.17) is 9.47 Å². The molecule has 4 heteroatoms. The summed E-state index contributed by atoms with van der Waals surface area (Å²) in [5.41, 5.74) is 0.619. The van der Waals surface area contributed by atoms with Gasteiger partial charge in [-0.25, -0.2) is 0 Å². The molecule has 0 heterocycles. The van der Waals surface area contributed by atoms with Gasteiger partial charge in [-0.3, -0.25) is 4.79 Å². The highest BCUT2D eigenvalue weighted by Crippen LogP contribution is 2.13. The summed E-state index contributed by atoms with van der Waals surface area (Å²) < 4.78 is 10.8. The molecule has 0 saturated carbocycles. The minimum Gasteiger partial charge on any atom is -0.494 e. The lowest BCUT2D eigenvalue weighted by molar-refractivity contribution is -0.157. The van der Waals surface area contributed by atoms with Crippen molar-refractivity contribution in [3.8, 4) is 5.75 Å². The number of carbonyl (C=O) groups excluding carboxylic acids is 1. The number of esters is 1. The standard InChI is InChI=1S/C16H25NO3/c1-6-19-14-9-7-8-13(10-14)11-17-12(2)15(18)20-16(3,4)5/h7-10,12,17H,6,11H2,1-5H3. The third-order valence-corrected chi connectivity index (χ3v) is 2.58. The SMILES string of the molecule is CCOc1cccc(CNC(C)C(=O)OC(C)(C)C)c1. The Balaban J connectivity index is 2.50. The molecular weight excluding hydrogens is 254 g/mol. The molecule has 1 atom stereocenters. The highest BCUT2D eigenvalue weighted by molar-refractivity contribution is 5.75. The summed E-state index contributed by atoms with van der Waals surface area (Å²) in [6.07, 6.45) is 0. The number of carbonyl (C=O) groups is 1. The number of ether oxygens (including phenoxy) is 2. The molecule has 0 bridgehead atoms. The van der Waals surface area contributed by atoms with Gasteiger partial charge in [-0.05, 0) is 52.3 Å². The molecule has 0 aromatic heterocycles. The molecule has 0 aliphatic carbocycles. The Morgan fingerprint density at radius 1 is 1.35 bits per heavy atom. The normalized spacial score (nSPS) is 12.8. The second-order valence-corrected chi connectivity index (χ2v) is 5.72. The molecule has 0 amide bonds. The summed E-state index contributed by atoms with van der Waals surface area (Å²) in [5.74, 6) is 0.607. The summed E-state index contributed by atoms with van der Waals surface area (Å²) in [4.78, 5) is 11.8.